The molecule has 3 rings (SSSR count). The van der Waals surface area contributed by atoms with E-state index in [-0.39, 0.29) is 11.3 Å². The fourth-order valence-electron chi connectivity index (χ4n) is 2.42. The van der Waals surface area contributed by atoms with Crippen molar-refractivity contribution in [1.82, 2.24) is 4.98 Å². The first-order valence-corrected chi connectivity index (χ1v) is 10.4. The van der Waals surface area contributed by atoms with Crippen LogP contribution in [0.3, 0.4) is 0 Å². The minimum Gasteiger partial charge on any atom is -0.380 e. The third-order valence-electron chi connectivity index (χ3n) is 4.02. The van der Waals surface area contributed by atoms with Crippen LogP contribution in [0.5, 0.6) is 0 Å². The van der Waals surface area contributed by atoms with Crippen LogP contribution in [0.1, 0.15) is 37.6 Å². The number of rotatable bonds is 4. The van der Waals surface area contributed by atoms with Gasteiger partial charge in [-0.3, -0.25) is 10.2 Å². The maximum absolute atomic E-state index is 12.1. The minimum absolute atomic E-state index is 0.0510. The fourth-order valence-corrected chi connectivity index (χ4v) is 4.17. The van der Waals surface area contributed by atoms with Gasteiger partial charge in [0.25, 0.3) is 0 Å². The summed E-state index contributed by atoms with van der Waals surface area (Å²) in [5, 5.41) is 9.86. The lowest BCUT2D eigenvalue weighted by Crippen LogP contribution is -2.18. The van der Waals surface area contributed by atoms with Gasteiger partial charge in [-0.15, -0.1) is 11.3 Å². The molecule has 0 bridgehead atoms. The van der Waals surface area contributed by atoms with Gasteiger partial charge in [-0.2, -0.15) is 0 Å². The molecule has 0 aliphatic rings. The van der Waals surface area contributed by atoms with Crippen molar-refractivity contribution >= 4 is 39.6 Å². The van der Waals surface area contributed by atoms with Gasteiger partial charge in [-0.25, -0.2) is 9.78 Å². The van der Waals surface area contributed by atoms with Crippen molar-refractivity contribution in [3.05, 3.63) is 58.6 Å². The van der Waals surface area contributed by atoms with Crippen molar-refractivity contribution in [3.8, 4) is 9.88 Å². The molecule has 3 N–H and O–H groups in total. The van der Waals surface area contributed by atoms with E-state index in [9.17, 15) is 4.79 Å². The highest BCUT2D eigenvalue weighted by Gasteiger charge is 2.15. The quantitative estimate of drug-likeness (QED) is 0.261. The summed E-state index contributed by atoms with van der Waals surface area (Å²) < 4.78 is 0. The predicted octanol–water partition coefficient (Wildman–Crippen LogP) is 5.35. The topological polar surface area (TPSA) is 89.6 Å². The van der Waals surface area contributed by atoms with E-state index in [1.165, 1.54) is 16.9 Å². The molecule has 0 radical (unpaired) electrons. The van der Waals surface area contributed by atoms with Gasteiger partial charge in [-0.05, 0) is 29.3 Å². The Morgan fingerprint density at radius 3 is 2.54 bits per heavy atom. The first-order chi connectivity index (χ1) is 13.2. The zero-order valence-electron chi connectivity index (χ0n) is 16.1. The average Bonchev–Trinajstić information content (AvgIpc) is 3.29. The van der Waals surface area contributed by atoms with Crippen LogP contribution in [0.2, 0.25) is 0 Å². The molecule has 8 heteroatoms. The largest absolute Gasteiger partial charge is 0.438 e. The molecule has 0 saturated carbocycles. The van der Waals surface area contributed by atoms with Gasteiger partial charge < -0.3 is 5.73 Å². The molecule has 1 amide bonds. The molecule has 28 heavy (non-hydrogen) atoms. The van der Waals surface area contributed by atoms with Gasteiger partial charge in [0.15, 0.2) is 5.84 Å². The Labute approximate surface area is 172 Å². The number of nitrogens with one attached hydrogen (secondary N) is 1. The molecular weight excluding hydrogens is 392 g/mol. The fraction of sp³-hybridized carbons (Fsp3) is 0.250. The van der Waals surface area contributed by atoms with Crippen molar-refractivity contribution in [2.75, 3.05) is 5.32 Å². The Morgan fingerprint density at radius 2 is 1.93 bits per heavy atom. The molecule has 0 aliphatic heterocycles. The third-order valence-corrected chi connectivity index (χ3v) is 6.13. The van der Waals surface area contributed by atoms with E-state index in [0.717, 1.165) is 15.6 Å². The lowest BCUT2D eigenvalue weighted by Gasteiger charge is -2.18. The number of carbonyl (C=O) groups is 1. The molecule has 6 nitrogen and oxygen atoms in total. The predicted molar refractivity (Wildman–Crippen MR) is 116 cm³/mol. The summed E-state index contributed by atoms with van der Waals surface area (Å²) in [5.74, 6) is 0.135. The normalized spacial score (nSPS) is 12.1. The number of anilines is 1. The van der Waals surface area contributed by atoms with Gasteiger partial charge in [0, 0.05) is 5.56 Å². The van der Waals surface area contributed by atoms with E-state index in [4.69, 9.17) is 10.6 Å². The Morgan fingerprint density at radius 1 is 1.21 bits per heavy atom. The Balaban J connectivity index is 1.63. The summed E-state index contributed by atoms with van der Waals surface area (Å²) in [5.41, 5.74) is 8.58. The number of thiazole rings is 1. The van der Waals surface area contributed by atoms with E-state index in [1.54, 1.807) is 11.3 Å². The van der Waals surface area contributed by atoms with Crippen LogP contribution in [-0.4, -0.2) is 16.9 Å². The first-order valence-electron chi connectivity index (χ1n) is 8.68. The number of hydrogen-bond acceptors (Lipinski definition) is 6. The van der Waals surface area contributed by atoms with E-state index in [0.29, 0.717) is 10.6 Å². The van der Waals surface area contributed by atoms with E-state index in [1.807, 2.05) is 48.7 Å². The Hall–Kier alpha value is -2.71. The van der Waals surface area contributed by atoms with Crippen LogP contribution in [-0.2, 0) is 10.3 Å². The monoisotopic (exact) mass is 414 g/mol. The molecule has 146 valence electrons. The number of benzene rings is 1. The molecule has 0 unspecified atom stereocenters. The number of oxime groups is 1. The smallest absolute Gasteiger partial charge is 0.380 e. The summed E-state index contributed by atoms with van der Waals surface area (Å²) in [6, 6.07) is 11.7. The van der Waals surface area contributed by atoms with Crippen molar-refractivity contribution in [2.45, 2.75) is 33.1 Å². The van der Waals surface area contributed by atoms with Crippen LogP contribution in [0.4, 0.5) is 9.80 Å². The highest BCUT2D eigenvalue weighted by Crippen LogP contribution is 2.34. The van der Waals surface area contributed by atoms with Crippen LogP contribution >= 0.6 is 22.7 Å². The van der Waals surface area contributed by atoms with E-state index in [2.05, 4.69) is 36.2 Å². The second kappa shape index (κ2) is 8.12. The number of hydrogen-bond donors (Lipinski definition) is 2. The minimum atomic E-state index is -0.709. The molecule has 0 fully saturated rings. The lowest BCUT2D eigenvalue weighted by atomic mass is 9.87. The van der Waals surface area contributed by atoms with Gasteiger partial charge in [-0.1, -0.05) is 67.6 Å². The third kappa shape index (κ3) is 4.76. The summed E-state index contributed by atoms with van der Waals surface area (Å²) >= 11 is 2.98. The second-order valence-electron chi connectivity index (χ2n) is 7.22. The molecule has 0 saturated heterocycles. The van der Waals surface area contributed by atoms with Gasteiger partial charge in [0.1, 0.15) is 10.0 Å². The molecule has 0 spiro atoms. The number of nitrogens with zero attached hydrogens (tertiary/aromatic N) is 2. The molecule has 2 heterocycles. The maximum Gasteiger partial charge on any atom is 0.438 e. The number of nitrogens with two attached hydrogens (primary N) is 1. The number of aromatic nitrogens is 1. The first kappa shape index (κ1) is 20.0. The maximum atomic E-state index is 12.1. The van der Waals surface area contributed by atoms with Crippen LogP contribution in [0.25, 0.3) is 9.88 Å². The summed E-state index contributed by atoms with van der Waals surface area (Å²) in [4.78, 5) is 22.5. The van der Waals surface area contributed by atoms with Gasteiger partial charge in [0.2, 0.25) is 0 Å². The van der Waals surface area contributed by atoms with Crippen LogP contribution in [0.15, 0.2) is 46.9 Å². The van der Waals surface area contributed by atoms with E-state index >= 15 is 0 Å². The van der Waals surface area contributed by atoms with Crippen molar-refractivity contribution in [1.29, 1.82) is 0 Å². The zero-order valence-corrected chi connectivity index (χ0v) is 17.8. The summed E-state index contributed by atoms with van der Waals surface area (Å²) in [6.07, 6.45) is -0.709. The number of amides is 1. The molecule has 3 aromatic rings. The molecule has 2 aromatic heterocycles. The summed E-state index contributed by atoms with van der Waals surface area (Å²) in [7, 11) is 0. The van der Waals surface area contributed by atoms with Crippen LogP contribution in [0, 0.1) is 6.92 Å². The van der Waals surface area contributed by atoms with Gasteiger partial charge in [0.05, 0.1) is 10.6 Å². The van der Waals surface area contributed by atoms with Crippen molar-refractivity contribution in [3.63, 3.8) is 0 Å². The highest BCUT2D eigenvalue weighted by molar-refractivity contribution is 7.23. The van der Waals surface area contributed by atoms with Gasteiger partial charge >= 0.3 is 6.09 Å². The Kier molecular flexibility index (Phi) is 5.81. The number of carbonyl (C=O) groups excluding carboxylic acids is 1. The standard InChI is InChI=1S/C20H22N4O2S2/c1-12-17(28-18(22-12)15-6-5-11-27-15)23-19(25)26-24-16(21)13-7-9-14(10-8-13)20(2,3)4/h5-11H,1-4H3,(H2,21,24)(H,23,25). The molecular formula is C20H22N4O2S2. The zero-order chi connectivity index (χ0) is 20.3. The van der Waals surface area contributed by atoms with Crippen LogP contribution < -0.4 is 11.1 Å². The highest BCUT2D eigenvalue weighted by atomic mass is 32.1. The van der Waals surface area contributed by atoms with Crippen molar-refractivity contribution < 1.29 is 9.63 Å². The lowest BCUT2D eigenvalue weighted by molar-refractivity contribution is 0.166. The second-order valence-corrected chi connectivity index (χ2v) is 9.17. The number of aryl methyl sites for hydroxylation is 1. The van der Waals surface area contributed by atoms with E-state index < -0.39 is 6.09 Å². The number of thiophene rings is 1. The number of amidine groups is 1. The van der Waals surface area contributed by atoms with Crippen molar-refractivity contribution in [2.24, 2.45) is 10.9 Å². The molecule has 1 aromatic carbocycles. The SMILES string of the molecule is Cc1nc(-c2cccs2)sc1NC(=O)ON=C(N)c1ccc(C(C)(C)C)cc1. The Bertz CT molecular complexity index is 984. The summed E-state index contributed by atoms with van der Waals surface area (Å²) in [6.45, 7) is 8.24. The molecule has 0 atom stereocenters. The molecule has 0 aliphatic carbocycles. The average molecular weight is 415 g/mol.